The minimum absolute atomic E-state index is 0.0871. The smallest absolute Gasteiger partial charge is 0.240 e. The summed E-state index contributed by atoms with van der Waals surface area (Å²) in [5, 5.41) is 7.63. The molecule has 1 N–H and O–H groups in total. The van der Waals surface area contributed by atoms with Gasteiger partial charge in [-0.3, -0.25) is 9.29 Å². The fourth-order valence-electron chi connectivity index (χ4n) is 3.55. The molecule has 1 fully saturated rings. The van der Waals surface area contributed by atoms with Crippen molar-refractivity contribution in [3.63, 3.8) is 0 Å². The van der Waals surface area contributed by atoms with Gasteiger partial charge in [0.15, 0.2) is 11.6 Å². The molecular weight excluding hydrogens is 460 g/mol. The third kappa shape index (κ3) is 5.54. The molecule has 3 atom stereocenters. The highest BCUT2D eigenvalue weighted by atomic mass is 35.5. The zero-order valence-electron chi connectivity index (χ0n) is 18.8. The molecule has 0 saturated carbocycles. The van der Waals surface area contributed by atoms with Crippen LogP contribution in [0.2, 0.25) is 5.02 Å². The Balaban J connectivity index is 1.86. The Morgan fingerprint density at radius 1 is 1.31 bits per heavy atom. The number of hydrogen-bond donors (Lipinski definition) is 1. The summed E-state index contributed by atoms with van der Waals surface area (Å²) in [7, 11) is -0.991. The third-order valence-electron chi connectivity index (χ3n) is 5.35. The standard InChI is InChI=1S/C19H29ClN6O5S/c1-12(15(30-5)16-21-10-13(20)11-22-16)32(27,28)25-18-24-23-17(26(18)8-9-29-4)14-6-7-19(2,3)31-14/h10-12,14-15H,6-9H2,1-5H3,(H,24,25)/t12?,14-,15?/m1/s1. The molecule has 2 aromatic heterocycles. The number of halogens is 1. The average molecular weight is 489 g/mol. The zero-order chi connectivity index (χ0) is 23.5. The zero-order valence-corrected chi connectivity index (χ0v) is 20.4. The fourth-order valence-corrected chi connectivity index (χ4v) is 4.80. The quantitative estimate of drug-likeness (QED) is 0.535. The van der Waals surface area contributed by atoms with Crippen molar-refractivity contribution in [2.75, 3.05) is 25.5 Å². The van der Waals surface area contributed by atoms with Crippen LogP contribution in [0.4, 0.5) is 5.95 Å². The van der Waals surface area contributed by atoms with E-state index in [9.17, 15) is 8.42 Å². The van der Waals surface area contributed by atoms with Crippen molar-refractivity contribution < 1.29 is 22.6 Å². The molecule has 1 aliphatic rings. The van der Waals surface area contributed by atoms with E-state index in [-0.39, 0.29) is 23.5 Å². The number of methoxy groups -OCH3 is 2. The summed E-state index contributed by atoms with van der Waals surface area (Å²) in [5.41, 5.74) is -0.277. The first-order valence-electron chi connectivity index (χ1n) is 10.2. The molecule has 0 aliphatic carbocycles. The van der Waals surface area contributed by atoms with E-state index in [1.54, 1.807) is 11.7 Å². The second kappa shape index (κ2) is 9.96. The van der Waals surface area contributed by atoms with Gasteiger partial charge in [-0.15, -0.1) is 10.2 Å². The van der Waals surface area contributed by atoms with E-state index in [4.69, 9.17) is 25.8 Å². The molecule has 1 aliphatic heterocycles. The monoisotopic (exact) mass is 488 g/mol. The van der Waals surface area contributed by atoms with Crippen molar-refractivity contribution in [2.45, 2.75) is 63.2 Å². The van der Waals surface area contributed by atoms with E-state index < -0.39 is 21.4 Å². The van der Waals surface area contributed by atoms with Crippen LogP contribution in [0.3, 0.4) is 0 Å². The van der Waals surface area contributed by atoms with Crippen molar-refractivity contribution in [3.8, 4) is 0 Å². The molecule has 0 radical (unpaired) electrons. The van der Waals surface area contributed by atoms with Crippen molar-refractivity contribution in [1.82, 2.24) is 24.7 Å². The maximum absolute atomic E-state index is 13.2. The molecule has 13 heteroatoms. The topological polar surface area (TPSA) is 130 Å². The van der Waals surface area contributed by atoms with Gasteiger partial charge in [-0.1, -0.05) is 11.6 Å². The average Bonchev–Trinajstić information content (AvgIpc) is 3.30. The molecule has 0 spiro atoms. The molecular formula is C19H29ClN6O5S. The number of sulfonamides is 1. The molecule has 0 aromatic carbocycles. The van der Waals surface area contributed by atoms with Crippen molar-refractivity contribution in [3.05, 3.63) is 29.1 Å². The van der Waals surface area contributed by atoms with Crippen LogP contribution in [0, 0.1) is 0 Å². The maximum Gasteiger partial charge on any atom is 0.240 e. The second-order valence-electron chi connectivity index (χ2n) is 8.20. The van der Waals surface area contributed by atoms with Gasteiger partial charge >= 0.3 is 0 Å². The fraction of sp³-hybridized carbons (Fsp3) is 0.684. The Labute approximate surface area is 192 Å². The molecule has 1 saturated heterocycles. The van der Waals surface area contributed by atoms with Crippen LogP contribution in [0.1, 0.15) is 57.5 Å². The minimum atomic E-state index is -3.96. The van der Waals surface area contributed by atoms with Gasteiger partial charge in [0, 0.05) is 26.6 Å². The number of nitrogens with zero attached hydrogens (tertiary/aromatic N) is 5. The predicted octanol–water partition coefficient (Wildman–Crippen LogP) is 2.52. The normalized spacial score (nSPS) is 20.2. The molecule has 11 nitrogen and oxygen atoms in total. The lowest BCUT2D eigenvalue weighted by molar-refractivity contribution is -0.0217. The number of anilines is 1. The Bertz CT molecular complexity index is 1010. The van der Waals surface area contributed by atoms with E-state index in [1.165, 1.54) is 26.4 Å². The van der Waals surface area contributed by atoms with E-state index in [1.807, 2.05) is 13.8 Å². The van der Waals surface area contributed by atoms with Gasteiger partial charge in [-0.2, -0.15) is 0 Å². The second-order valence-corrected chi connectivity index (χ2v) is 10.7. The Hall–Kier alpha value is -1.86. The summed E-state index contributed by atoms with van der Waals surface area (Å²) in [5.74, 6) is 0.851. The SMILES string of the molecule is COCCn1c(NS(=O)(=O)C(C)C(OC)c2ncc(Cl)cn2)nnc1[C@H]1CCC(C)(C)O1. The van der Waals surface area contributed by atoms with Gasteiger partial charge in [-0.25, -0.2) is 18.4 Å². The number of hydrogen-bond acceptors (Lipinski definition) is 9. The van der Waals surface area contributed by atoms with Crippen LogP contribution in [0.5, 0.6) is 0 Å². The van der Waals surface area contributed by atoms with Gasteiger partial charge in [-0.05, 0) is 33.6 Å². The minimum Gasteiger partial charge on any atom is -0.383 e. The van der Waals surface area contributed by atoms with E-state index >= 15 is 0 Å². The van der Waals surface area contributed by atoms with Crippen LogP contribution >= 0.6 is 11.6 Å². The highest BCUT2D eigenvalue weighted by Gasteiger charge is 2.37. The van der Waals surface area contributed by atoms with Crippen molar-refractivity contribution in [1.29, 1.82) is 0 Å². The first kappa shape index (κ1) is 24.8. The first-order valence-corrected chi connectivity index (χ1v) is 12.1. The molecule has 0 amide bonds. The molecule has 2 aromatic rings. The predicted molar refractivity (Wildman–Crippen MR) is 118 cm³/mol. The highest BCUT2D eigenvalue weighted by molar-refractivity contribution is 7.93. The van der Waals surface area contributed by atoms with Crippen LogP contribution in [0.25, 0.3) is 0 Å². The Kier molecular flexibility index (Phi) is 7.71. The van der Waals surface area contributed by atoms with Crippen LogP contribution in [0.15, 0.2) is 12.4 Å². The summed E-state index contributed by atoms with van der Waals surface area (Å²) in [6.45, 7) is 6.24. The summed E-state index contributed by atoms with van der Waals surface area (Å²) in [6.07, 6.45) is 3.21. The molecule has 32 heavy (non-hydrogen) atoms. The molecule has 0 bridgehead atoms. The van der Waals surface area contributed by atoms with Gasteiger partial charge < -0.3 is 14.2 Å². The first-order chi connectivity index (χ1) is 15.1. The lowest BCUT2D eigenvalue weighted by Gasteiger charge is -2.22. The Morgan fingerprint density at radius 3 is 2.56 bits per heavy atom. The number of nitrogens with one attached hydrogen (secondary N) is 1. The number of ether oxygens (including phenoxy) is 3. The number of rotatable bonds is 10. The summed E-state index contributed by atoms with van der Waals surface area (Å²) < 4.78 is 47.3. The lowest BCUT2D eigenvalue weighted by atomic mass is 10.1. The van der Waals surface area contributed by atoms with Crippen LogP contribution < -0.4 is 4.72 Å². The largest absolute Gasteiger partial charge is 0.383 e. The van der Waals surface area contributed by atoms with Crippen molar-refractivity contribution in [2.24, 2.45) is 0 Å². The lowest BCUT2D eigenvalue weighted by Crippen LogP contribution is -2.33. The summed E-state index contributed by atoms with van der Waals surface area (Å²) in [6, 6.07) is 0. The van der Waals surface area contributed by atoms with Crippen LogP contribution in [-0.4, -0.2) is 64.8 Å². The van der Waals surface area contributed by atoms with E-state index in [0.717, 1.165) is 12.8 Å². The molecule has 3 rings (SSSR count). The van der Waals surface area contributed by atoms with Gasteiger partial charge in [0.2, 0.25) is 16.0 Å². The van der Waals surface area contributed by atoms with Gasteiger partial charge in [0.1, 0.15) is 17.5 Å². The molecule has 178 valence electrons. The van der Waals surface area contributed by atoms with E-state index in [0.29, 0.717) is 24.0 Å². The maximum atomic E-state index is 13.2. The van der Waals surface area contributed by atoms with Gasteiger partial charge in [0.25, 0.3) is 0 Å². The third-order valence-corrected chi connectivity index (χ3v) is 7.24. The van der Waals surface area contributed by atoms with Gasteiger partial charge in [0.05, 0.1) is 23.8 Å². The molecule has 3 heterocycles. The summed E-state index contributed by atoms with van der Waals surface area (Å²) >= 11 is 5.83. The molecule has 2 unspecified atom stereocenters. The summed E-state index contributed by atoms with van der Waals surface area (Å²) in [4.78, 5) is 8.19. The van der Waals surface area contributed by atoms with Crippen LogP contribution in [-0.2, 0) is 30.8 Å². The van der Waals surface area contributed by atoms with E-state index in [2.05, 4.69) is 24.9 Å². The highest BCUT2D eigenvalue weighted by Crippen LogP contribution is 2.39. The number of aromatic nitrogens is 5. The van der Waals surface area contributed by atoms with Crippen molar-refractivity contribution >= 4 is 27.6 Å². The Morgan fingerprint density at radius 2 is 2.00 bits per heavy atom.